The molecule has 0 aliphatic carbocycles. The minimum absolute atomic E-state index is 0.0559. The lowest BCUT2D eigenvalue weighted by atomic mass is 10.3. The van der Waals surface area contributed by atoms with E-state index in [4.69, 9.17) is 11.6 Å². The van der Waals surface area contributed by atoms with Crippen LogP contribution in [0.3, 0.4) is 0 Å². The Kier molecular flexibility index (Phi) is 4.53. The fourth-order valence-electron chi connectivity index (χ4n) is 2.48. The molecule has 130 valence electrons. The number of anilines is 1. The van der Waals surface area contributed by atoms with Crippen LogP contribution in [0.1, 0.15) is 11.4 Å². The Labute approximate surface area is 150 Å². The zero-order chi connectivity index (χ0) is 18.2. The first-order chi connectivity index (χ1) is 11.8. The van der Waals surface area contributed by atoms with Gasteiger partial charge in [-0.2, -0.15) is 5.10 Å². The van der Waals surface area contributed by atoms with E-state index >= 15 is 0 Å². The third-order valence-electron chi connectivity index (χ3n) is 3.71. The molecule has 0 aliphatic rings. The summed E-state index contributed by atoms with van der Waals surface area (Å²) in [7, 11) is -4.06. The molecule has 3 rings (SSSR count). The predicted octanol–water partition coefficient (Wildman–Crippen LogP) is 4.08. The van der Waals surface area contributed by atoms with Gasteiger partial charge in [-0.1, -0.05) is 29.8 Å². The van der Waals surface area contributed by atoms with E-state index in [0.717, 1.165) is 17.8 Å². The van der Waals surface area contributed by atoms with Crippen molar-refractivity contribution in [3.63, 3.8) is 0 Å². The van der Waals surface area contributed by atoms with E-state index in [1.807, 2.05) is 30.3 Å². The van der Waals surface area contributed by atoms with Crippen molar-refractivity contribution in [2.24, 2.45) is 0 Å². The van der Waals surface area contributed by atoms with Gasteiger partial charge < -0.3 is 0 Å². The molecule has 0 amide bonds. The van der Waals surface area contributed by atoms with E-state index in [1.54, 1.807) is 18.5 Å². The van der Waals surface area contributed by atoms with Crippen molar-refractivity contribution < 1.29 is 12.8 Å². The van der Waals surface area contributed by atoms with Crippen LogP contribution in [0, 0.1) is 19.7 Å². The molecule has 0 spiro atoms. The maximum Gasteiger partial charge on any atom is 0.263 e. The molecule has 0 aliphatic heterocycles. The number of aromatic nitrogens is 2. The number of para-hydroxylation sites is 1. The Morgan fingerprint density at radius 1 is 1.12 bits per heavy atom. The summed E-state index contributed by atoms with van der Waals surface area (Å²) in [6.07, 6.45) is 0. The predicted molar refractivity (Wildman–Crippen MR) is 95.3 cm³/mol. The number of nitrogens with one attached hydrogen (secondary N) is 1. The third-order valence-corrected chi connectivity index (χ3v) is 5.54. The van der Waals surface area contributed by atoms with Gasteiger partial charge in [0.1, 0.15) is 10.7 Å². The van der Waals surface area contributed by atoms with Crippen molar-refractivity contribution in [3.8, 4) is 5.69 Å². The number of halogens is 2. The largest absolute Gasteiger partial charge is 0.276 e. The summed E-state index contributed by atoms with van der Waals surface area (Å²) < 4.78 is 42.8. The Balaban J connectivity index is 2.04. The van der Waals surface area contributed by atoms with Crippen LogP contribution in [0.5, 0.6) is 0 Å². The third kappa shape index (κ3) is 3.38. The number of sulfonamides is 1. The molecule has 25 heavy (non-hydrogen) atoms. The van der Waals surface area contributed by atoms with Gasteiger partial charge in [0.25, 0.3) is 10.0 Å². The normalized spacial score (nSPS) is 11.5. The Bertz CT molecular complexity index is 1030. The minimum atomic E-state index is -4.06. The monoisotopic (exact) mass is 379 g/mol. The first-order valence-electron chi connectivity index (χ1n) is 7.39. The van der Waals surface area contributed by atoms with Crippen molar-refractivity contribution in [1.82, 2.24) is 9.78 Å². The summed E-state index contributed by atoms with van der Waals surface area (Å²) in [5, 5.41) is 4.33. The van der Waals surface area contributed by atoms with Crippen molar-refractivity contribution >= 4 is 27.3 Å². The molecule has 0 atom stereocenters. The Hall–Kier alpha value is -2.38. The van der Waals surface area contributed by atoms with Crippen LogP contribution < -0.4 is 4.72 Å². The van der Waals surface area contributed by atoms with Gasteiger partial charge in [0, 0.05) is 0 Å². The number of benzene rings is 2. The maximum atomic E-state index is 13.4. The van der Waals surface area contributed by atoms with Gasteiger partial charge in [0.15, 0.2) is 0 Å². The van der Waals surface area contributed by atoms with Crippen LogP contribution in [-0.4, -0.2) is 18.2 Å². The minimum Gasteiger partial charge on any atom is -0.276 e. The summed E-state index contributed by atoms with van der Waals surface area (Å²) >= 11 is 5.92. The second-order valence-electron chi connectivity index (χ2n) is 5.47. The lowest BCUT2D eigenvalue weighted by Crippen LogP contribution is -2.15. The van der Waals surface area contributed by atoms with E-state index < -0.39 is 15.8 Å². The molecule has 0 saturated heterocycles. The lowest BCUT2D eigenvalue weighted by molar-refractivity contribution is 0.595. The number of rotatable bonds is 4. The average molecular weight is 380 g/mol. The van der Waals surface area contributed by atoms with Gasteiger partial charge in [0.2, 0.25) is 0 Å². The second-order valence-corrected chi connectivity index (χ2v) is 7.53. The lowest BCUT2D eigenvalue weighted by Gasteiger charge is -2.10. The van der Waals surface area contributed by atoms with Crippen molar-refractivity contribution in [3.05, 3.63) is 70.8 Å². The molecule has 1 heterocycles. The Morgan fingerprint density at radius 3 is 2.48 bits per heavy atom. The van der Waals surface area contributed by atoms with Crippen molar-refractivity contribution in [2.45, 2.75) is 18.7 Å². The molecular weight excluding hydrogens is 365 g/mol. The fourth-order valence-corrected chi connectivity index (χ4v) is 4.17. The van der Waals surface area contributed by atoms with Gasteiger partial charge in [0.05, 0.1) is 27.8 Å². The smallest absolute Gasteiger partial charge is 0.263 e. The van der Waals surface area contributed by atoms with Crippen LogP contribution in [-0.2, 0) is 10.0 Å². The zero-order valence-electron chi connectivity index (χ0n) is 13.5. The molecule has 1 N–H and O–H groups in total. The van der Waals surface area contributed by atoms with E-state index in [0.29, 0.717) is 17.1 Å². The summed E-state index contributed by atoms with van der Waals surface area (Å²) in [5.41, 5.74) is 2.25. The molecule has 3 aromatic rings. The molecule has 0 radical (unpaired) electrons. The molecule has 0 saturated carbocycles. The fraction of sp³-hybridized carbons (Fsp3) is 0.118. The van der Waals surface area contributed by atoms with E-state index in [-0.39, 0.29) is 9.92 Å². The first kappa shape index (κ1) is 17.4. The summed E-state index contributed by atoms with van der Waals surface area (Å²) in [6, 6.07) is 12.5. The molecule has 0 bridgehead atoms. The molecule has 5 nitrogen and oxygen atoms in total. The summed E-state index contributed by atoms with van der Waals surface area (Å²) in [5.74, 6) is -0.682. The number of hydrogen-bond donors (Lipinski definition) is 1. The van der Waals surface area contributed by atoms with Crippen LogP contribution in [0.25, 0.3) is 5.69 Å². The topological polar surface area (TPSA) is 64.0 Å². The molecular formula is C17H15ClFN3O2S. The van der Waals surface area contributed by atoms with Crippen LogP contribution >= 0.6 is 11.6 Å². The Morgan fingerprint density at radius 2 is 1.80 bits per heavy atom. The average Bonchev–Trinajstić information content (AvgIpc) is 2.85. The highest BCUT2D eigenvalue weighted by atomic mass is 35.5. The first-order valence-corrected chi connectivity index (χ1v) is 9.25. The number of hydrogen-bond acceptors (Lipinski definition) is 3. The highest BCUT2D eigenvalue weighted by Crippen LogP contribution is 2.28. The molecule has 0 fully saturated rings. The van der Waals surface area contributed by atoms with Gasteiger partial charge in [-0.15, -0.1) is 0 Å². The summed E-state index contributed by atoms with van der Waals surface area (Å²) in [6.45, 7) is 3.44. The summed E-state index contributed by atoms with van der Waals surface area (Å²) in [4.78, 5) is -0.319. The van der Waals surface area contributed by atoms with Crippen molar-refractivity contribution in [2.75, 3.05) is 4.72 Å². The quantitative estimate of drug-likeness (QED) is 0.742. The molecule has 2 aromatic carbocycles. The van der Waals surface area contributed by atoms with E-state index in [9.17, 15) is 12.8 Å². The molecule has 1 aromatic heterocycles. The zero-order valence-corrected chi connectivity index (χ0v) is 15.1. The van der Waals surface area contributed by atoms with Gasteiger partial charge in [-0.25, -0.2) is 17.5 Å². The SMILES string of the molecule is Cc1nn(-c2ccccc2)c(C)c1NS(=O)(=O)c1cc(F)ccc1Cl. The molecule has 8 heteroatoms. The van der Waals surface area contributed by atoms with E-state index in [1.165, 1.54) is 6.07 Å². The van der Waals surface area contributed by atoms with Gasteiger partial charge in [-0.3, -0.25) is 4.72 Å². The second kappa shape index (κ2) is 6.50. The number of nitrogens with zero attached hydrogens (tertiary/aromatic N) is 2. The van der Waals surface area contributed by atoms with Gasteiger partial charge in [-0.05, 0) is 44.2 Å². The van der Waals surface area contributed by atoms with Gasteiger partial charge >= 0.3 is 0 Å². The number of aryl methyl sites for hydroxylation is 1. The van der Waals surface area contributed by atoms with Crippen LogP contribution in [0.15, 0.2) is 53.4 Å². The van der Waals surface area contributed by atoms with Crippen molar-refractivity contribution in [1.29, 1.82) is 0 Å². The highest BCUT2D eigenvalue weighted by molar-refractivity contribution is 7.92. The van der Waals surface area contributed by atoms with E-state index in [2.05, 4.69) is 9.82 Å². The maximum absolute atomic E-state index is 13.4. The van der Waals surface area contributed by atoms with Crippen LogP contribution in [0.2, 0.25) is 5.02 Å². The molecule has 0 unspecified atom stereocenters. The standard InChI is InChI=1S/C17H15ClFN3O2S/c1-11-17(12(2)22(20-11)14-6-4-3-5-7-14)21-25(23,24)16-10-13(19)8-9-15(16)18/h3-10,21H,1-2H3. The highest BCUT2D eigenvalue weighted by Gasteiger charge is 2.23. The van der Waals surface area contributed by atoms with Crippen LogP contribution in [0.4, 0.5) is 10.1 Å².